The molecule has 24 heavy (non-hydrogen) atoms. The van der Waals surface area contributed by atoms with Gasteiger partial charge >= 0.3 is 0 Å². The van der Waals surface area contributed by atoms with Crippen LogP contribution in [0.4, 0.5) is 0 Å². The summed E-state index contributed by atoms with van der Waals surface area (Å²) < 4.78 is 0. The standard InChI is InChI=1S/C22H23NS/c1-2-9-19(10-3-1)21-12-4-5-14-23(21)17-18-8-6-11-20(16-18)22-13-7-15-24-22/h1-5,7,9-13,15,18H,6,8,14,16-17H2. The van der Waals surface area contributed by atoms with E-state index in [1.807, 2.05) is 11.3 Å². The van der Waals surface area contributed by atoms with Crippen LogP contribution in [0.5, 0.6) is 0 Å². The Morgan fingerprint density at radius 1 is 1.08 bits per heavy atom. The first kappa shape index (κ1) is 15.5. The highest BCUT2D eigenvalue weighted by Gasteiger charge is 2.22. The summed E-state index contributed by atoms with van der Waals surface area (Å²) >= 11 is 1.87. The van der Waals surface area contributed by atoms with Gasteiger partial charge < -0.3 is 4.90 Å². The van der Waals surface area contributed by atoms with Gasteiger partial charge in [-0.3, -0.25) is 0 Å². The molecule has 4 rings (SSSR count). The summed E-state index contributed by atoms with van der Waals surface area (Å²) in [7, 11) is 0. The highest BCUT2D eigenvalue weighted by molar-refractivity contribution is 7.11. The van der Waals surface area contributed by atoms with E-state index in [4.69, 9.17) is 0 Å². The molecule has 1 unspecified atom stereocenters. The fourth-order valence-corrected chi connectivity index (χ4v) is 4.51. The van der Waals surface area contributed by atoms with Crippen LogP contribution < -0.4 is 0 Å². The largest absolute Gasteiger partial charge is 0.367 e. The fourth-order valence-electron chi connectivity index (χ4n) is 3.73. The summed E-state index contributed by atoms with van der Waals surface area (Å²) in [6, 6.07) is 15.2. The van der Waals surface area contributed by atoms with Crippen molar-refractivity contribution in [3.63, 3.8) is 0 Å². The van der Waals surface area contributed by atoms with Crippen LogP contribution in [0.1, 0.15) is 29.7 Å². The van der Waals surface area contributed by atoms with Gasteiger partial charge in [0, 0.05) is 23.7 Å². The van der Waals surface area contributed by atoms with E-state index in [1.165, 1.54) is 35.4 Å². The van der Waals surface area contributed by atoms with Crippen molar-refractivity contribution in [1.29, 1.82) is 0 Å². The molecular weight excluding hydrogens is 310 g/mol. The van der Waals surface area contributed by atoms with E-state index in [-0.39, 0.29) is 0 Å². The lowest BCUT2D eigenvalue weighted by Crippen LogP contribution is -2.30. The first-order chi connectivity index (χ1) is 11.9. The van der Waals surface area contributed by atoms with E-state index in [2.05, 4.69) is 77.0 Å². The molecule has 0 bridgehead atoms. The molecule has 1 aromatic carbocycles. The molecule has 1 aliphatic carbocycles. The van der Waals surface area contributed by atoms with Gasteiger partial charge in [-0.2, -0.15) is 0 Å². The first-order valence-electron chi connectivity index (χ1n) is 8.80. The minimum atomic E-state index is 0.741. The molecule has 2 heteroatoms. The number of benzene rings is 1. The van der Waals surface area contributed by atoms with Crippen LogP contribution in [0.15, 0.2) is 72.1 Å². The molecule has 2 aliphatic rings. The van der Waals surface area contributed by atoms with Crippen LogP contribution in [0.25, 0.3) is 11.3 Å². The third kappa shape index (κ3) is 3.39. The summed E-state index contributed by atoms with van der Waals surface area (Å²) in [6.07, 6.45) is 12.9. The average molecular weight is 334 g/mol. The Kier molecular flexibility index (Phi) is 4.66. The van der Waals surface area contributed by atoms with Crippen molar-refractivity contribution in [2.45, 2.75) is 19.3 Å². The second kappa shape index (κ2) is 7.23. The molecule has 0 fully saturated rings. The molecule has 0 spiro atoms. The van der Waals surface area contributed by atoms with E-state index in [9.17, 15) is 0 Å². The predicted octanol–water partition coefficient (Wildman–Crippen LogP) is 5.84. The molecule has 0 amide bonds. The van der Waals surface area contributed by atoms with Gasteiger partial charge in [0.05, 0.1) is 0 Å². The molecule has 1 nitrogen and oxygen atoms in total. The molecule has 0 saturated carbocycles. The maximum absolute atomic E-state index is 2.55. The quantitative estimate of drug-likeness (QED) is 0.679. The maximum atomic E-state index is 2.55. The summed E-state index contributed by atoms with van der Waals surface area (Å²) in [5.41, 5.74) is 4.25. The predicted molar refractivity (Wildman–Crippen MR) is 105 cm³/mol. The number of nitrogens with zero attached hydrogens (tertiary/aromatic N) is 1. The number of hydrogen-bond donors (Lipinski definition) is 0. The molecule has 1 aliphatic heterocycles. The van der Waals surface area contributed by atoms with Crippen LogP contribution in [0.3, 0.4) is 0 Å². The second-order valence-electron chi connectivity index (χ2n) is 6.61. The van der Waals surface area contributed by atoms with E-state index >= 15 is 0 Å². The van der Waals surface area contributed by atoms with Crippen LogP contribution in [-0.4, -0.2) is 18.0 Å². The number of rotatable bonds is 4. The fraction of sp³-hybridized carbons (Fsp3) is 0.273. The van der Waals surface area contributed by atoms with Gasteiger partial charge in [-0.15, -0.1) is 11.3 Å². The lowest BCUT2D eigenvalue weighted by molar-refractivity contribution is 0.330. The van der Waals surface area contributed by atoms with E-state index in [0.29, 0.717) is 0 Å². The topological polar surface area (TPSA) is 3.24 Å². The molecule has 0 radical (unpaired) electrons. The SMILES string of the molecule is C1=CCN(CC2CCC=C(c3cccs3)C2)C(c2ccccc2)=C1. The first-order valence-corrected chi connectivity index (χ1v) is 9.68. The zero-order valence-corrected chi connectivity index (χ0v) is 14.7. The molecule has 1 aromatic heterocycles. The van der Waals surface area contributed by atoms with E-state index in [0.717, 1.165) is 19.0 Å². The smallest absolute Gasteiger partial charge is 0.0442 e. The zero-order valence-electron chi connectivity index (χ0n) is 13.9. The van der Waals surface area contributed by atoms with Gasteiger partial charge in [-0.1, -0.05) is 54.6 Å². The highest BCUT2D eigenvalue weighted by atomic mass is 32.1. The highest BCUT2D eigenvalue weighted by Crippen LogP contribution is 2.35. The Bertz CT molecular complexity index is 753. The lowest BCUT2D eigenvalue weighted by Gasteiger charge is -2.33. The minimum Gasteiger partial charge on any atom is -0.367 e. The Hall–Kier alpha value is -2.06. The Labute approximate surface area is 148 Å². The van der Waals surface area contributed by atoms with Crippen LogP contribution in [0, 0.1) is 5.92 Å². The molecule has 122 valence electrons. The lowest BCUT2D eigenvalue weighted by atomic mass is 9.87. The van der Waals surface area contributed by atoms with Crippen molar-refractivity contribution in [1.82, 2.24) is 4.90 Å². The van der Waals surface area contributed by atoms with Crippen LogP contribution in [0.2, 0.25) is 0 Å². The van der Waals surface area contributed by atoms with Gasteiger partial charge in [0.1, 0.15) is 0 Å². The molecule has 2 aromatic rings. The van der Waals surface area contributed by atoms with Crippen molar-refractivity contribution in [2.24, 2.45) is 5.92 Å². The summed E-state index contributed by atoms with van der Waals surface area (Å²) in [4.78, 5) is 4.01. The minimum absolute atomic E-state index is 0.741. The van der Waals surface area contributed by atoms with Crippen LogP contribution >= 0.6 is 11.3 Å². The molecule has 1 atom stereocenters. The van der Waals surface area contributed by atoms with Gasteiger partial charge in [0.2, 0.25) is 0 Å². The number of thiophene rings is 1. The second-order valence-corrected chi connectivity index (χ2v) is 7.55. The van der Waals surface area contributed by atoms with Crippen molar-refractivity contribution < 1.29 is 0 Å². The normalized spacial score (nSPS) is 20.7. The van der Waals surface area contributed by atoms with Gasteiger partial charge in [0.25, 0.3) is 0 Å². The monoisotopic (exact) mass is 333 g/mol. The average Bonchev–Trinajstić information content (AvgIpc) is 3.18. The van der Waals surface area contributed by atoms with Gasteiger partial charge in [-0.05, 0) is 53.8 Å². The number of hydrogen-bond acceptors (Lipinski definition) is 2. The molecule has 2 heterocycles. The van der Waals surface area contributed by atoms with Gasteiger partial charge in [-0.25, -0.2) is 0 Å². The van der Waals surface area contributed by atoms with Gasteiger partial charge in [0.15, 0.2) is 0 Å². The number of allylic oxidation sites excluding steroid dienone is 4. The summed E-state index contributed by atoms with van der Waals surface area (Å²) in [5.74, 6) is 0.741. The molecular formula is C22H23NS. The Morgan fingerprint density at radius 2 is 2.00 bits per heavy atom. The summed E-state index contributed by atoms with van der Waals surface area (Å²) in [6.45, 7) is 2.17. The Balaban J connectivity index is 1.48. The van der Waals surface area contributed by atoms with Crippen LogP contribution in [-0.2, 0) is 0 Å². The van der Waals surface area contributed by atoms with Crippen molar-refractivity contribution in [3.8, 4) is 0 Å². The summed E-state index contributed by atoms with van der Waals surface area (Å²) in [5, 5.41) is 2.19. The third-order valence-corrected chi connectivity index (χ3v) is 5.86. The molecule has 0 N–H and O–H groups in total. The van der Waals surface area contributed by atoms with E-state index in [1.54, 1.807) is 5.57 Å². The van der Waals surface area contributed by atoms with Crippen molar-refractivity contribution in [3.05, 3.63) is 82.6 Å². The zero-order chi connectivity index (χ0) is 16.2. The Morgan fingerprint density at radius 3 is 2.83 bits per heavy atom. The van der Waals surface area contributed by atoms with Crippen molar-refractivity contribution in [2.75, 3.05) is 13.1 Å². The maximum Gasteiger partial charge on any atom is 0.0442 e. The van der Waals surface area contributed by atoms with E-state index < -0.39 is 0 Å². The van der Waals surface area contributed by atoms with Crippen molar-refractivity contribution >= 4 is 22.6 Å². The third-order valence-electron chi connectivity index (χ3n) is 4.92. The molecule has 0 saturated heterocycles.